The average molecular weight is 258 g/mol. The number of hydrogen-bond acceptors (Lipinski definition) is 2. The second-order valence-corrected chi connectivity index (χ2v) is 3.36. The molecule has 0 fully saturated rings. The summed E-state index contributed by atoms with van der Waals surface area (Å²) in [6, 6.07) is -0.871. The molecule has 96 valence electrons. The number of alkyl halides is 6. The van der Waals surface area contributed by atoms with E-state index < -0.39 is 35.2 Å². The minimum absolute atomic E-state index is 0.313. The van der Waals surface area contributed by atoms with E-state index in [0.29, 0.717) is 12.1 Å². The monoisotopic (exact) mass is 258 g/mol. The molecule has 1 atom stereocenters. The van der Waals surface area contributed by atoms with Gasteiger partial charge in [0, 0.05) is 11.3 Å². The van der Waals surface area contributed by atoms with E-state index in [1.54, 1.807) is 0 Å². The zero-order valence-corrected chi connectivity index (χ0v) is 8.23. The van der Waals surface area contributed by atoms with E-state index in [2.05, 4.69) is 0 Å². The summed E-state index contributed by atoms with van der Waals surface area (Å²) in [5.74, 6) is 0. The average Bonchev–Trinajstić information content (AvgIpc) is 2.14. The minimum Gasteiger partial charge on any atom is -0.398 e. The van der Waals surface area contributed by atoms with Gasteiger partial charge in [-0.2, -0.15) is 26.3 Å². The van der Waals surface area contributed by atoms with Crippen LogP contribution in [0.2, 0.25) is 0 Å². The minimum atomic E-state index is -4.85. The van der Waals surface area contributed by atoms with Crippen LogP contribution in [0.15, 0.2) is 18.2 Å². The van der Waals surface area contributed by atoms with Crippen molar-refractivity contribution in [1.29, 1.82) is 0 Å². The van der Waals surface area contributed by atoms with E-state index in [1.807, 2.05) is 0 Å². The molecule has 0 amide bonds. The summed E-state index contributed by atoms with van der Waals surface area (Å²) in [6.45, 7) is 0. The zero-order valence-electron chi connectivity index (χ0n) is 8.23. The number of nitrogens with two attached hydrogens (primary N) is 2. The van der Waals surface area contributed by atoms with Crippen molar-refractivity contribution in [2.45, 2.75) is 18.4 Å². The Labute approximate surface area is 92.2 Å². The Morgan fingerprint density at radius 2 is 1.53 bits per heavy atom. The molecule has 0 heterocycles. The fourth-order valence-electron chi connectivity index (χ4n) is 1.20. The number of anilines is 1. The van der Waals surface area contributed by atoms with E-state index in [-0.39, 0.29) is 0 Å². The van der Waals surface area contributed by atoms with Crippen molar-refractivity contribution in [3.63, 3.8) is 0 Å². The molecule has 17 heavy (non-hydrogen) atoms. The summed E-state index contributed by atoms with van der Waals surface area (Å²) in [5, 5.41) is 0. The molecular weight excluding hydrogens is 250 g/mol. The molecule has 0 aliphatic rings. The fourth-order valence-corrected chi connectivity index (χ4v) is 1.20. The molecule has 8 heteroatoms. The lowest BCUT2D eigenvalue weighted by atomic mass is 10.0. The number of benzene rings is 1. The Morgan fingerprint density at radius 1 is 1.00 bits per heavy atom. The summed E-state index contributed by atoms with van der Waals surface area (Å²) in [7, 11) is 0. The van der Waals surface area contributed by atoms with Crippen molar-refractivity contribution in [1.82, 2.24) is 0 Å². The van der Waals surface area contributed by atoms with Crippen LogP contribution in [0.1, 0.15) is 17.2 Å². The van der Waals surface area contributed by atoms with Crippen LogP contribution in [0.25, 0.3) is 0 Å². The van der Waals surface area contributed by atoms with Crippen LogP contribution < -0.4 is 11.5 Å². The van der Waals surface area contributed by atoms with Crippen LogP contribution in [-0.4, -0.2) is 6.18 Å². The van der Waals surface area contributed by atoms with Crippen LogP contribution >= 0.6 is 0 Å². The molecule has 0 saturated heterocycles. The lowest BCUT2D eigenvalue weighted by Gasteiger charge is -2.19. The van der Waals surface area contributed by atoms with Crippen molar-refractivity contribution < 1.29 is 26.3 Å². The summed E-state index contributed by atoms with van der Waals surface area (Å²) < 4.78 is 73.7. The summed E-state index contributed by atoms with van der Waals surface area (Å²) in [5.41, 5.74) is 7.56. The maximum Gasteiger partial charge on any atom is 0.416 e. The molecule has 1 aromatic carbocycles. The molecule has 0 bridgehead atoms. The summed E-state index contributed by atoms with van der Waals surface area (Å²) in [4.78, 5) is 0. The molecule has 0 radical (unpaired) electrons. The molecular formula is C9H8F6N2. The van der Waals surface area contributed by atoms with Crippen LogP contribution in [0.5, 0.6) is 0 Å². The maximum absolute atomic E-state index is 12.3. The van der Waals surface area contributed by atoms with Crippen LogP contribution in [0.3, 0.4) is 0 Å². The van der Waals surface area contributed by atoms with Gasteiger partial charge in [-0.1, -0.05) is 0 Å². The first-order valence-electron chi connectivity index (χ1n) is 4.32. The molecule has 0 unspecified atom stereocenters. The second-order valence-electron chi connectivity index (χ2n) is 3.36. The van der Waals surface area contributed by atoms with Crippen LogP contribution in [-0.2, 0) is 6.18 Å². The van der Waals surface area contributed by atoms with Gasteiger partial charge >= 0.3 is 12.4 Å². The highest BCUT2D eigenvalue weighted by Gasteiger charge is 2.40. The lowest BCUT2D eigenvalue weighted by molar-refractivity contribution is -0.150. The predicted molar refractivity (Wildman–Crippen MR) is 48.8 cm³/mol. The van der Waals surface area contributed by atoms with E-state index in [1.165, 1.54) is 0 Å². The SMILES string of the molecule is Nc1ccc(C(F)(F)F)cc1[C@@H](N)C(F)(F)F. The van der Waals surface area contributed by atoms with Gasteiger partial charge in [0.2, 0.25) is 0 Å². The van der Waals surface area contributed by atoms with Crippen molar-refractivity contribution in [3.05, 3.63) is 29.3 Å². The first kappa shape index (κ1) is 13.6. The van der Waals surface area contributed by atoms with Gasteiger partial charge in [-0.3, -0.25) is 0 Å². The molecule has 1 rings (SSSR count). The van der Waals surface area contributed by atoms with Crippen LogP contribution in [0, 0.1) is 0 Å². The molecule has 0 aromatic heterocycles. The van der Waals surface area contributed by atoms with Crippen molar-refractivity contribution in [2.75, 3.05) is 5.73 Å². The first-order valence-corrected chi connectivity index (χ1v) is 4.32. The molecule has 0 saturated carbocycles. The third-order valence-electron chi connectivity index (χ3n) is 2.10. The summed E-state index contributed by atoms with van der Waals surface area (Å²) in [6.07, 6.45) is -9.59. The van der Waals surface area contributed by atoms with Gasteiger partial charge in [-0.15, -0.1) is 0 Å². The number of hydrogen-bond donors (Lipinski definition) is 2. The van der Waals surface area contributed by atoms with Gasteiger partial charge in [-0.25, -0.2) is 0 Å². The van der Waals surface area contributed by atoms with Gasteiger partial charge in [0.05, 0.1) is 5.56 Å². The molecule has 0 aliphatic heterocycles. The third-order valence-corrected chi connectivity index (χ3v) is 2.10. The molecule has 2 nitrogen and oxygen atoms in total. The van der Waals surface area contributed by atoms with E-state index in [9.17, 15) is 26.3 Å². The number of nitrogen functional groups attached to an aromatic ring is 1. The summed E-state index contributed by atoms with van der Waals surface area (Å²) >= 11 is 0. The van der Waals surface area contributed by atoms with E-state index >= 15 is 0 Å². The van der Waals surface area contributed by atoms with Crippen molar-refractivity contribution >= 4 is 5.69 Å². The molecule has 0 aliphatic carbocycles. The predicted octanol–water partition coefficient (Wildman–Crippen LogP) is 2.85. The highest BCUT2D eigenvalue weighted by Crippen LogP contribution is 2.37. The third kappa shape index (κ3) is 3.02. The number of halogens is 6. The smallest absolute Gasteiger partial charge is 0.398 e. The maximum atomic E-state index is 12.3. The van der Waals surface area contributed by atoms with Crippen molar-refractivity contribution in [2.24, 2.45) is 5.73 Å². The fraction of sp³-hybridized carbons (Fsp3) is 0.333. The highest BCUT2D eigenvalue weighted by atomic mass is 19.4. The second kappa shape index (κ2) is 4.10. The standard InChI is InChI=1S/C9H8F6N2/c10-8(11,12)4-1-2-6(16)5(3-4)7(17)9(13,14)15/h1-3,7H,16-17H2/t7-/m1/s1. The zero-order chi connectivity index (χ0) is 13.4. The lowest BCUT2D eigenvalue weighted by Crippen LogP contribution is -2.29. The largest absolute Gasteiger partial charge is 0.416 e. The molecule has 4 N–H and O–H groups in total. The first-order chi connectivity index (χ1) is 7.53. The normalized spacial score (nSPS) is 14.8. The Kier molecular flexibility index (Phi) is 3.28. The van der Waals surface area contributed by atoms with Gasteiger partial charge in [0.15, 0.2) is 0 Å². The van der Waals surface area contributed by atoms with Crippen LogP contribution in [0.4, 0.5) is 32.0 Å². The Bertz CT molecular complexity index is 409. The van der Waals surface area contributed by atoms with Gasteiger partial charge < -0.3 is 11.5 Å². The van der Waals surface area contributed by atoms with Crippen molar-refractivity contribution in [3.8, 4) is 0 Å². The molecule has 0 spiro atoms. The molecule has 1 aromatic rings. The Hall–Kier alpha value is -1.44. The van der Waals surface area contributed by atoms with Gasteiger partial charge in [0.25, 0.3) is 0 Å². The Morgan fingerprint density at radius 3 is 1.94 bits per heavy atom. The number of rotatable bonds is 1. The van der Waals surface area contributed by atoms with E-state index in [0.717, 1.165) is 6.07 Å². The van der Waals surface area contributed by atoms with Gasteiger partial charge in [0.1, 0.15) is 6.04 Å². The quantitative estimate of drug-likeness (QED) is 0.601. The van der Waals surface area contributed by atoms with E-state index in [4.69, 9.17) is 11.5 Å². The topological polar surface area (TPSA) is 52.0 Å². The highest BCUT2D eigenvalue weighted by molar-refractivity contribution is 5.51. The Balaban J connectivity index is 3.25. The van der Waals surface area contributed by atoms with Gasteiger partial charge in [-0.05, 0) is 18.2 Å².